The molecule has 0 aromatic carbocycles. The van der Waals surface area contributed by atoms with Gasteiger partial charge in [0.05, 0.1) is 18.0 Å². The molecule has 6 nitrogen and oxygen atoms in total. The number of nitrogens with zero attached hydrogens (tertiary/aromatic N) is 3. The Morgan fingerprint density at radius 2 is 2.38 bits per heavy atom. The fourth-order valence-corrected chi connectivity index (χ4v) is 3.33. The lowest BCUT2D eigenvalue weighted by molar-refractivity contribution is -0.0348. The predicted molar refractivity (Wildman–Crippen MR) is 77.3 cm³/mol. The lowest BCUT2D eigenvalue weighted by Gasteiger charge is -2.31. The van der Waals surface area contributed by atoms with Crippen LogP contribution in [0.4, 0.5) is 0 Å². The molecular formula is C14H17N3O3S. The summed E-state index contributed by atoms with van der Waals surface area (Å²) in [6, 6.07) is 2.01. The smallest absolute Gasteiger partial charge is 0.264 e. The van der Waals surface area contributed by atoms with Crippen molar-refractivity contribution >= 4 is 17.2 Å². The molecule has 7 heteroatoms. The summed E-state index contributed by atoms with van der Waals surface area (Å²) >= 11 is 1.49. The normalized spacial score (nSPS) is 19.0. The number of carbonyl (C=O) groups excluding carboxylic acids is 1. The number of aryl methyl sites for hydroxylation is 2. The minimum Gasteiger partial charge on any atom is -0.423 e. The molecule has 0 saturated carbocycles. The standard InChI is InChI=1S/C14H17N3O3S/c1-3-10-4-7-21-12(10)14(18)17-5-6-19-11(8-17)13-16-15-9(2)20-13/h4,7,11H,3,5-6,8H2,1-2H3. The van der Waals surface area contributed by atoms with Gasteiger partial charge in [0, 0.05) is 13.5 Å². The van der Waals surface area contributed by atoms with Gasteiger partial charge in [-0.05, 0) is 23.4 Å². The van der Waals surface area contributed by atoms with Crippen LogP contribution in [0.3, 0.4) is 0 Å². The van der Waals surface area contributed by atoms with Crippen LogP contribution in [0.25, 0.3) is 0 Å². The Kier molecular flexibility index (Phi) is 4.03. The highest BCUT2D eigenvalue weighted by atomic mass is 32.1. The average molecular weight is 307 g/mol. The Morgan fingerprint density at radius 1 is 1.52 bits per heavy atom. The first kappa shape index (κ1) is 14.2. The van der Waals surface area contributed by atoms with E-state index in [-0.39, 0.29) is 12.0 Å². The van der Waals surface area contributed by atoms with Crippen LogP contribution in [0.15, 0.2) is 15.9 Å². The number of ether oxygens (including phenoxy) is 1. The Bertz CT molecular complexity index is 637. The van der Waals surface area contributed by atoms with E-state index in [1.54, 1.807) is 11.8 Å². The second kappa shape index (κ2) is 5.95. The first-order chi connectivity index (χ1) is 10.2. The highest BCUT2D eigenvalue weighted by Crippen LogP contribution is 2.25. The van der Waals surface area contributed by atoms with Gasteiger partial charge in [-0.15, -0.1) is 21.5 Å². The second-order valence-electron chi connectivity index (χ2n) is 4.90. The van der Waals surface area contributed by atoms with Gasteiger partial charge in [-0.25, -0.2) is 0 Å². The topological polar surface area (TPSA) is 68.5 Å². The van der Waals surface area contributed by atoms with Crippen molar-refractivity contribution in [3.05, 3.63) is 33.7 Å². The minimum atomic E-state index is -0.339. The molecule has 1 aliphatic rings. The van der Waals surface area contributed by atoms with Crippen molar-refractivity contribution in [2.45, 2.75) is 26.4 Å². The summed E-state index contributed by atoms with van der Waals surface area (Å²) in [5, 5.41) is 9.76. The van der Waals surface area contributed by atoms with Gasteiger partial charge in [0.2, 0.25) is 11.8 Å². The van der Waals surface area contributed by atoms with E-state index >= 15 is 0 Å². The lowest BCUT2D eigenvalue weighted by Crippen LogP contribution is -2.42. The molecule has 112 valence electrons. The van der Waals surface area contributed by atoms with Crippen molar-refractivity contribution < 1.29 is 13.9 Å². The monoisotopic (exact) mass is 307 g/mol. The zero-order chi connectivity index (χ0) is 14.8. The molecule has 2 aromatic rings. The van der Waals surface area contributed by atoms with Gasteiger partial charge in [0.15, 0.2) is 6.10 Å². The highest BCUT2D eigenvalue weighted by Gasteiger charge is 2.30. The molecule has 1 atom stereocenters. The van der Waals surface area contributed by atoms with E-state index in [0.717, 1.165) is 16.9 Å². The number of morpholine rings is 1. The number of thiophene rings is 1. The SMILES string of the molecule is CCc1ccsc1C(=O)N1CCOC(c2nnc(C)o2)C1. The molecule has 21 heavy (non-hydrogen) atoms. The summed E-state index contributed by atoms with van der Waals surface area (Å²) in [5.41, 5.74) is 1.10. The molecule has 0 radical (unpaired) electrons. The lowest BCUT2D eigenvalue weighted by atomic mass is 10.2. The van der Waals surface area contributed by atoms with E-state index in [4.69, 9.17) is 9.15 Å². The number of amides is 1. The highest BCUT2D eigenvalue weighted by molar-refractivity contribution is 7.12. The molecular weight excluding hydrogens is 290 g/mol. The third kappa shape index (κ3) is 2.84. The Morgan fingerprint density at radius 3 is 3.10 bits per heavy atom. The molecule has 1 fully saturated rings. The zero-order valence-corrected chi connectivity index (χ0v) is 12.9. The van der Waals surface area contributed by atoms with Crippen molar-refractivity contribution in [3.63, 3.8) is 0 Å². The third-order valence-corrected chi connectivity index (χ3v) is 4.44. The van der Waals surface area contributed by atoms with Crippen molar-refractivity contribution in [3.8, 4) is 0 Å². The van der Waals surface area contributed by atoms with Gasteiger partial charge in [0.1, 0.15) is 0 Å². The van der Waals surface area contributed by atoms with Crippen LogP contribution in [0.5, 0.6) is 0 Å². The first-order valence-electron chi connectivity index (χ1n) is 6.96. The number of hydrogen-bond donors (Lipinski definition) is 0. The van der Waals surface area contributed by atoms with Crippen LogP contribution >= 0.6 is 11.3 Å². The molecule has 1 aliphatic heterocycles. The van der Waals surface area contributed by atoms with Crippen molar-refractivity contribution in [2.75, 3.05) is 19.7 Å². The van der Waals surface area contributed by atoms with Gasteiger partial charge < -0.3 is 14.1 Å². The third-order valence-electron chi connectivity index (χ3n) is 3.49. The number of carbonyl (C=O) groups is 1. The fourth-order valence-electron chi connectivity index (χ4n) is 2.37. The van der Waals surface area contributed by atoms with E-state index in [2.05, 4.69) is 17.1 Å². The molecule has 3 heterocycles. The Hall–Kier alpha value is -1.73. The Labute approximate surface area is 126 Å². The maximum atomic E-state index is 12.6. The van der Waals surface area contributed by atoms with Crippen LogP contribution in [-0.2, 0) is 11.2 Å². The Balaban J connectivity index is 1.75. The van der Waals surface area contributed by atoms with Gasteiger partial charge in [-0.2, -0.15) is 0 Å². The van der Waals surface area contributed by atoms with Crippen LogP contribution in [0.2, 0.25) is 0 Å². The molecule has 0 N–H and O–H groups in total. The molecule has 0 spiro atoms. The molecule has 1 saturated heterocycles. The van der Waals surface area contributed by atoms with Gasteiger partial charge in [-0.3, -0.25) is 4.79 Å². The van der Waals surface area contributed by atoms with Gasteiger partial charge in [0.25, 0.3) is 5.91 Å². The second-order valence-corrected chi connectivity index (χ2v) is 5.81. The molecule has 3 rings (SSSR count). The van der Waals surface area contributed by atoms with E-state index < -0.39 is 0 Å². The average Bonchev–Trinajstić information content (AvgIpc) is 3.15. The molecule has 2 aromatic heterocycles. The van der Waals surface area contributed by atoms with E-state index in [1.165, 1.54) is 11.3 Å². The molecule has 1 amide bonds. The summed E-state index contributed by atoms with van der Waals surface area (Å²) in [5.74, 6) is 1.00. The summed E-state index contributed by atoms with van der Waals surface area (Å²) < 4.78 is 11.0. The first-order valence-corrected chi connectivity index (χ1v) is 7.84. The summed E-state index contributed by atoms with van der Waals surface area (Å²) in [7, 11) is 0. The van der Waals surface area contributed by atoms with Crippen LogP contribution in [0.1, 0.15) is 40.0 Å². The molecule has 1 unspecified atom stereocenters. The maximum absolute atomic E-state index is 12.6. The van der Waals surface area contributed by atoms with E-state index in [1.807, 2.05) is 11.4 Å². The van der Waals surface area contributed by atoms with E-state index in [9.17, 15) is 4.79 Å². The van der Waals surface area contributed by atoms with Gasteiger partial charge >= 0.3 is 0 Å². The quantitative estimate of drug-likeness (QED) is 0.869. The summed E-state index contributed by atoms with van der Waals surface area (Å²) in [4.78, 5) is 15.3. The maximum Gasteiger partial charge on any atom is 0.264 e. The summed E-state index contributed by atoms with van der Waals surface area (Å²) in [6.07, 6.45) is 0.523. The predicted octanol–water partition coefficient (Wildman–Crippen LogP) is 2.22. The molecule has 0 aliphatic carbocycles. The zero-order valence-electron chi connectivity index (χ0n) is 12.0. The minimum absolute atomic E-state index is 0.0615. The fraction of sp³-hybridized carbons (Fsp3) is 0.500. The number of rotatable bonds is 3. The van der Waals surface area contributed by atoms with E-state index in [0.29, 0.717) is 31.5 Å². The number of aromatic nitrogens is 2. The van der Waals surface area contributed by atoms with Crippen LogP contribution in [-0.4, -0.2) is 40.7 Å². The van der Waals surface area contributed by atoms with Crippen LogP contribution in [0, 0.1) is 6.92 Å². The largest absolute Gasteiger partial charge is 0.423 e. The van der Waals surface area contributed by atoms with Crippen molar-refractivity contribution in [1.82, 2.24) is 15.1 Å². The summed E-state index contributed by atoms with van der Waals surface area (Å²) in [6.45, 7) is 5.30. The molecule has 0 bridgehead atoms. The van der Waals surface area contributed by atoms with Crippen molar-refractivity contribution in [2.24, 2.45) is 0 Å². The van der Waals surface area contributed by atoms with Gasteiger partial charge in [-0.1, -0.05) is 6.92 Å². The van der Waals surface area contributed by atoms with Crippen molar-refractivity contribution in [1.29, 1.82) is 0 Å². The number of hydrogen-bond acceptors (Lipinski definition) is 6. The van der Waals surface area contributed by atoms with Crippen LogP contribution < -0.4 is 0 Å².